The van der Waals surface area contributed by atoms with Crippen molar-refractivity contribution >= 4 is 17.8 Å². The number of aliphatic hydroxyl groups excluding tert-OH is 1. The third kappa shape index (κ3) is 9.80. The van der Waals surface area contributed by atoms with E-state index in [-0.39, 0.29) is 49.3 Å². The number of esters is 1. The summed E-state index contributed by atoms with van der Waals surface area (Å²) >= 11 is 0. The van der Waals surface area contributed by atoms with E-state index in [1.165, 1.54) is 0 Å². The van der Waals surface area contributed by atoms with Crippen molar-refractivity contribution in [1.29, 1.82) is 0 Å². The first-order chi connectivity index (χ1) is 17.7. The summed E-state index contributed by atoms with van der Waals surface area (Å²) in [4.78, 5) is 38.8. The maximum absolute atomic E-state index is 13.2. The van der Waals surface area contributed by atoms with E-state index in [9.17, 15) is 19.5 Å². The van der Waals surface area contributed by atoms with Crippen molar-refractivity contribution in [1.82, 2.24) is 10.6 Å². The summed E-state index contributed by atoms with van der Waals surface area (Å²) in [6, 6.07) is 9.37. The summed E-state index contributed by atoms with van der Waals surface area (Å²) in [7, 11) is 0. The average molecular weight is 513 g/mol. The lowest BCUT2D eigenvalue weighted by Crippen LogP contribution is -2.51. The van der Waals surface area contributed by atoms with E-state index in [0.29, 0.717) is 19.3 Å². The van der Waals surface area contributed by atoms with Gasteiger partial charge >= 0.3 is 5.97 Å². The molecule has 2 rings (SSSR count). The van der Waals surface area contributed by atoms with E-state index in [4.69, 9.17) is 4.74 Å². The zero-order valence-electron chi connectivity index (χ0n) is 22.4. The van der Waals surface area contributed by atoms with Crippen molar-refractivity contribution in [2.75, 3.05) is 13.2 Å². The lowest BCUT2D eigenvalue weighted by molar-refractivity contribution is -0.150. The van der Waals surface area contributed by atoms with Crippen LogP contribution in [0.25, 0.3) is 0 Å². The molecule has 1 aliphatic rings. The van der Waals surface area contributed by atoms with Crippen LogP contribution in [0.1, 0.15) is 64.4 Å². The highest BCUT2D eigenvalue weighted by atomic mass is 16.5. The molecule has 0 radical (unpaired) electrons. The van der Waals surface area contributed by atoms with Gasteiger partial charge in [-0.15, -0.1) is 13.2 Å². The molecule has 1 fully saturated rings. The Morgan fingerprint density at radius 3 is 2.24 bits per heavy atom. The Morgan fingerprint density at radius 1 is 1.05 bits per heavy atom. The van der Waals surface area contributed by atoms with Crippen molar-refractivity contribution in [3.63, 3.8) is 0 Å². The number of aliphatic hydroxyl groups is 1. The first-order valence-corrected chi connectivity index (χ1v) is 13.4. The number of benzene rings is 1. The number of carbonyl (C=O) groups excluding carboxylic acids is 3. The summed E-state index contributed by atoms with van der Waals surface area (Å²) in [6.45, 7) is 11.4. The van der Waals surface area contributed by atoms with E-state index < -0.39 is 17.5 Å². The van der Waals surface area contributed by atoms with Crippen LogP contribution in [0.15, 0.2) is 55.6 Å². The monoisotopic (exact) mass is 512 g/mol. The SMILES string of the molecule is C=CC[C@@H](CC(=O)NC1(CO)CCCC1)C(=O)N[C@H](COC(=O)[C@@H](CC=C)Cc1ccccc1)C(C)C. The molecule has 7 nitrogen and oxygen atoms in total. The van der Waals surface area contributed by atoms with Gasteiger partial charge in [0.2, 0.25) is 11.8 Å². The number of hydrogen-bond acceptors (Lipinski definition) is 5. The van der Waals surface area contributed by atoms with Crippen LogP contribution in [0.3, 0.4) is 0 Å². The molecule has 0 heterocycles. The molecule has 0 unspecified atom stereocenters. The first kappa shape index (κ1) is 30.3. The Bertz CT molecular complexity index is 892. The third-order valence-corrected chi connectivity index (χ3v) is 7.17. The fourth-order valence-electron chi connectivity index (χ4n) is 4.78. The normalized spacial score (nSPS) is 16.9. The number of amides is 2. The van der Waals surface area contributed by atoms with Gasteiger partial charge in [-0.3, -0.25) is 14.4 Å². The maximum Gasteiger partial charge on any atom is 0.309 e. The molecule has 0 spiro atoms. The molecule has 3 atom stereocenters. The highest BCUT2D eigenvalue weighted by molar-refractivity contribution is 5.86. The minimum Gasteiger partial charge on any atom is -0.463 e. The quantitative estimate of drug-likeness (QED) is 0.228. The first-order valence-electron chi connectivity index (χ1n) is 13.4. The average Bonchev–Trinajstić information content (AvgIpc) is 3.34. The molecule has 1 aliphatic carbocycles. The van der Waals surface area contributed by atoms with Crippen LogP contribution in [0.2, 0.25) is 0 Å². The van der Waals surface area contributed by atoms with E-state index in [2.05, 4.69) is 23.8 Å². The van der Waals surface area contributed by atoms with Gasteiger partial charge in [0.15, 0.2) is 0 Å². The molecule has 2 amide bonds. The summed E-state index contributed by atoms with van der Waals surface area (Å²) in [5, 5.41) is 15.7. The highest BCUT2D eigenvalue weighted by Crippen LogP contribution is 2.29. The lowest BCUT2D eigenvalue weighted by atomic mass is 9.95. The Hall–Kier alpha value is -2.93. The van der Waals surface area contributed by atoms with Crippen molar-refractivity contribution in [3.8, 4) is 0 Å². The summed E-state index contributed by atoms with van der Waals surface area (Å²) in [5.74, 6) is -1.79. The summed E-state index contributed by atoms with van der Waals surface area (Å²) in [6.07, 6.45) is 8.15. The Morgan fingerprint density at radius 2 is 1.68 bits per heavy atom. The zero-order valence-corrected chi connectivity index (χ0v) is 22.4. The molecular formula is C30H44N2O5. The van der Waals surface area contributed by atoms with Gasteiger partial charge in [-0.25, -0.2) is 0 Å². The number of hydrogen-bond donors (Lipinski definition) is 3. The molecule has 1 aromatic carbocycles. The second-order valence-electron chi connectivity index (χ2n) is 10.5. The molecular weight excluding hydrogens is 468 g/mol. The number of allylic oxidation sites excluding steroid dienone is 2. The molecule has 0 bridgehead atoms. The number of ether oxygens (including phenoxy) is 1. The van der Waals surface area contributed by atoms with Gasteiger partial charge in [0.25, 0.3) is 0 Å². The van der Waals surface area contributed by atoms with E-state index in [1.807, 2.05) is 44.2 Å². The Balaban J connectivity index is 1.97. The molecule has 37 heavy (non-hydrogen) atoms. The molecule has 1 aromatic rings. The fourth-order valence-corrected chi connectivity index (χ4v) is 4.78. The Kier molecular flexibility index (Phi) is 12.6. The van der Waals surface area contributed by atoms with E-state index >= 15 is 0 Å². The second-order valence-corrected chi connectivity index (χ2v) is 10.5. The lowest BCUT2D eigenvalue weighted by Gasteiger charge is -2.29. The predicted molar refractivity (Wildman–Crippen MR) is 146 cm³/mol. The van der Waals surface area contributed by atoms with Gasteiger partial charge in [-0.05, 0) is 43.6 Å². The van der Waals surface area contributed by atoms with Crippen LogP contribution in [-0.2, 0) is 25.5 Å². The minimum absolute atomic E-state index is 0.00267. The summed E-state index contributed by atoms with van der Waals surface area (Å²) < 4.78 is 5.66. The van der Waals surface area contributed by atoms with Crippen molar-refractivity contribution in [2.45, 2.75) is 76.8 Å². The smallest absolute Gasteiger partial charge is 0.309 e. The fraction of sp³-hybridized carbons (Fsp3) is 0.567. The van der Waals surface area contributed by atoms with Crippen molar-refractivity contribution < 1.29 is 24.2 Å². The standard InChI is InChI=1S/C30H44N2O5/c1-5-12-24(19-27(34)32-30(21-33)16-10-11-17-30)28(35)31-26(22(3)4)20-37-29(36)25(13-6-2)18-23-14-8-7-9-15-23/h5-9,14-15,22,24-26,33H,1-2,10-13,16-21H2,3-4H3,(H,31,35)(H,32,34)/t24-,25-,26+/m0/s1. The van der Waals surface area contributed by atoms with Gasteiger partial charge in [0.05, 0.1) is 30.0 Å². The summed E-state index contributed by atoms with van der Waals surface area (Å²) in [5.41, 5.74) is 0.467. The highest BCUT2D eigenvalue weighted by Gasteiger charge is 2.35. The maximum atomic E-state index is 13.2. The zero-order chi connectivity index (χ0) is 27.3. The molecule has 204 valence electrons. The Labute approximate surface area is 221 Å². The van der Waals surface area contributed by atoms with Crippen LogP contribution in [0.4, 0.5) is 0 Å². The molecule has 0 aliphatic heterocycles. The largest absolute Gasteiger partial charge is 0.463 e. The molecule has 3 N–H and O–H groups in total. The van der Waals surface area contributed by atoms with Gasteiger partial charge in [0.1, 0.15) is 6.61 Å². The minimum atomic E-state index is -0.599. The van der Waals surface area contributed by atoms with Crippen LogP contribution in [-0.4, -0.2) is 47.7 Å². The number of nitrogens with one attached hydrogen (secondary N) is 2. The van der Waals surface area contributed by atoms with Crippen LogP contribution >= 0.6 is 0 Å². The topological polar surface area (TPSA) is 105 Å². The molecule has 0 aromatic heterocycles. The predicted octanol–water partition coefficient (Wildman–Crippen LogP) is 4.11. The van der Waals surface area contributed by atoms with Crippen molar-refractivity contribution in [3.05, 3.63) is 61.2 Å². The van der Waals surface area contributed by atoms with E-state index in [1.54, 1.807) is 12.2 Å². The third-order valence-electron chi connectivity index (χ3n) is 7.17. The second kappa shape index (κ2) is 15.4. The molecule has 1 saturated carbocycles. The van der Waals surface area contributed by atoms with Gasteiger partial charge < -0.3 is 20.5 Å². The molecule has 0 saturated heterocycles. The van der Waals surface area contributed by atoms with Crippen LogP contribution in [0, 0.1) is 17.8 Å². The van der Waals surface area contributed by atoms with Gasteiger partial charge in [0, 0.05) is 6.42 Å². The van der Waals surface area contributed by atoms with Gasteiger partial charge in [-0.2, -0.15) is 0 Å². The number of carbonyl (C=O) groups is 3. The molecule has 7 heteroatoms. The van der Waals surface area contributed by atoms with E-state index in [0.717, 1.165) is 31.2 Å². The van der Waals surface area contributed by atoms with Gasteiger partial charge in [-0.1, -0.05) is 69.2 Å². The van der Waals surface area contributed by atoms with Crippen molar-refractivity contribution in [2.24, 2.45) is 17.8 Å². The van der Waals surface area contributed by atoms with Crippen LogP contribution in [0.5, 0.6) is 0 Å². The number of rotatable bonds is 16. The van der Waals surface area contributed by atoms with Crippen LogP contribution < -0.4 is 10.6 Å².